The Morgan fingerprint density at radius 3 is 1.39 bits per heavy atom. The molecular formula is C22H38O6. The number of carbonyl (C=O) groups is 2. The molecule has 0 heterocycles. The molecule has 0 N–H and O–H groups in total. The second-order valence-electron chi connectivity index (χ2n) is 10.1. The maximum absolute atomic E-state index is 12.1. The van der Waals surface area contributed by atoms with Crippen molar-refractivity contribution in [1.29, 1.82) is 0 Å². The summed E-state index contributed by atoms with van der Waals surface area (Å²) in [5, 5.41) is 0. The van der Waals surface area contributed by atoms with E-state index >= 15 is 0 Å². The van der Waals surface area contributed by atoms with E-state index in [1.165, 1.54) is 25.7 Å². The summed E-state index contributed by atoms with van der Waals surface area (Å²) >= 11 is 0. The van der Waals surface area contributed by atoms with Gasteiger partial charge in [0.15, 0.2) is 0 Å². The summed E-state index contributed by atoms with van der Waals surface area (Å²) in [7, 11) is 0. The van der Waals surface area contributed by atoms with E-state index in [1.807, 2.05) is 41.5 Å². The molecule has 2 aliphatic rings. The van der Waals surface area contributed by atoms with Gasteiger partial charge in [-0.25, -0.2) is 9.59 Å². The SMILES string of the molecule is CC(C)(C)OC(=O)COC1CC2CCCCC2CC1OCC(=O)OC(C)(C)C. The summed E-state index contributed by atoms with van der Waals surface area (Å²) in [6, 6.07) is 0. The molecule has 28 heavy (non-hydrogen) atoms. The lowest BCUT2D eigenvalue weighted by atomic mass is 9.69. The quantitative estimate of drug-likeness (QED) is 0.629. The van der Waals surface area contributed by atoms with E-state index in [9.17, 15) is 9.59 Å². The second kappa shape index (κ2) is 9.57. The number of ether oxygens (including phenoxy) is 4. The van der Waals surface area contributed by atoms with Crippen LogP contribution in [-0.2, 0) is 28.5 Å². The fraction of sp³-hybridized carbons (Fsp3) is 0.909. The van der Waals surface area contributed by atoms with Gasteiger partial charge in [-0.2, -0.15) is 0 Å². The molecule has 2 rings (SSSR count). The number of hydrogen-bond donors (Lipinski definition) is 0. The van der Waals surface area contributed by atoms with Crippen molar-refractivity contribution < 1.29 is 28.5 Å². The van der Waals surface area contributed by atoms with Crippen LogP contribution in [0.5, 0.6) is 0 Å². The van der Waals surface area contributed by atoms with E-state index in [0.29, 0.717) is 11.8 Å². The maximum atomic E-state index is 12.1. The Kier molecular flexibility index (Phi) is 7.91. The molecule has 0 bridgehead atoms. The summed E-state index contributed by atoms with van der Waals surface area (Å²) < 4.78 is 22.6. The molecule has 0 aromatic rings. The van der Waals surface area contributed by atoms with E-state index in [1.54, 1.807) is 0 Å². The lowest BCUT2D eigenvalue weighted by Crippen LogP contribution is -2.45. The predicted octanol–water partition coefficient (Wildman–Crippen LogP) is 4.04. The standard InChI is InChI=1S/C22H38O6/c1-21(2,3)27-19(23)13-25-17-11-15-9-7-8-10-16(15)12-18(17)26-14-20(24)28-22(4,5)6/h15-18H,7-14H2,1-6H3. The van der Waals surface area contributed by atoms with Crippen LogP contribution in [0.3, 0.4) is 0 Å². The van der Waals surface area contributed by atoms with E-state index in [0.717, 1.165) is 12.8 Å². The molecule has 2 aliphatic carbocycles. The topological polar surface area (TPSA) is 71.1 Å². The molecule has 0 amide bonds. The summed E-state index contributed by atoms with van der Waals surface area (Å²) in [6.45, 7) is 10.8. The van der Waals surface area contributed by atoms with Gasteiger partial charge < -0.3 is 18.9 Å². The lowest BCUT2D eigenvalue weighted by molar-refractivity contribution is -0.179. The number of esters is 2. The zero-order chi connectivity index (χ0) is 20.9. The van der Waals surface area contributed by atoms with E-state index in [2.05, 4.69) is 0 Å². The lowest BCUT2D eigenvalue weighted by Gasteiger charge is -2.43. The second-order valence-corrected chi connectivity index (χ2v) is 10.1. The average molecular weight is 399 g/mol. The molecule has 4 unspecified atom stereocenters. The number of carbonyl (C=O) groups excluding carboxylic acids is 2. The van der Waals surface area contributed by atoms with Gasteiger partial charge in [-0.3, -0.25) is 0 Å². The van der Waals surface area contributed by atoms with Crippen molar-refractivity contribution >= 4 is 11.9 Å². The van der Waals surface area contributed by atoms with Crippen molar-refractivity contribution in [3.05, 3.63) is 0 Å². The summed E-state index contributed by atoms with van der Waals surface area (Å²) in [5.41, 5.74) is -1.07. The van der Waals surface area contributed by atoms with Gasteiger partial charge in [0.2, 0.25) is 0 Å². The van der Waals surface area contributed by atoms with Crippen LogP contribution in [0, 0.1) is 11.8 Å². The highest BCUT2D eigenvalue weighted by Gasteiger charge is 2.40. The van der Waals surface area contributed by atoms with Gasteiger partial charge >= 0.3 is 11.9 Å². The molecule has 2 fully saturated rings. The van der Waals surface area contributed by atoms with E-state index < -0.39 is 11.2 Å². The Hall–Kier alpha value is -1.14. The summed E-state index contributed by atoms with van der Waals surface area (Å²) in [5.74, 6) is 0.478. The molecule has 162 valence electrons. The maximum Gasteiger partial charge on any atom is 0.332 e. The van der Waals surface area contributed by atoms with Gasteiger partial charge in [0, 0.05) is 0 Å². The highest BCUT2D eigenvalue weighted by atomic mass is 16.6. The molecule has 0 aromatic carbocycles. The van der Waals surface area contributed by atoms with Crippen molar-refractivity contribution in [1.82, 2.24) is 0 Å². The largest absolute Gasteiger partial charge is 0.458 e. The van der Waals surface area contributed by atoms with Gasteiger partial charge in [0.05, 0.1) is 12.2 Å². The molecular weight excluding hydrogens is 360 g/mol. The highest BCUT2D eigenvalue weighted by Crippen LogP contribution is 2.42. The minimum absolute atomic E-state index is 0.0916. The molecule has 0 aliphatic heterocycles. The van der Waals surface area contributed by atoms with Crippen molar-refractivity contribution in [2.75, 3.05) is 13.2 Å². The third-order valence-electron chi connectivity index (χ3n) is 5.22. The van der Waals surface area contributed by atoms with Gasteiger partial charge in [-0.1, -0.05) is 25.7 Å². The molecule has 0 radical (unpaired) electrons. The van der Waals surface area contributed by atoms with Crippen molar-refractivity contribution in [3.8, 4) is 0 Å². The normalized spacial score (nSPS) is 28.4. The van der Waals surface area contributed by atoms with Crippen LogP contribution in [0.25, 0.3) is 0 Å². The van der Waals surface area contributed by atoms with Crippen molar-refractivity contribution in [2.24, 2.45) is 11.8 Å². The van der Waals surface area contributed by atoms with Gasteiger partial charge in [0.1, 0.15) is 24.4 Å². The van der Waals surface area contributed by atoms with Gasteiger partial charge in [-0.15, -0.1) is 0 Å². The molecule has 6 nitrogen and oxygen atoms in total. The smallest absolute Gasteiger partial charge is 0.332 e. The predicted molar refractivity (Wildman–Crippen MR) is 106 cm³/mol. The van der Waals surface area contributed by atoms with Crippen LogP contribution in [0.2, 0.25) is 0 Å². The first-order valence-corrected chi connectivity index (χ1v) is 10.6. The summed E-state index contributed by atoms with van der Waals surface area (Å²) in [6.07, 6.45) is 6.25. The number of hydrogen-bond acceptors (Lipinski definition) is 6. The number of fused-ring (bicyclic) bond motifs is 1. The third-order valence-corrected chi connectivity index (χ3v) is 5.22. The highest BCUT2D eigenvalue weighted by molar-refractivity contribution is 5.71. The first kappa shape index (κ1) is 23.1. The zero-order valence-electron chi connectivity index (χ0n) is 18.4. The van der Waals surface area contributed by atoms with Crippen LogP contribution in [-0.4, -0.2) is 48.6 Å². The van der Waals surface area contributed by atoms with Gasteiger partial charge in [0.25, 0.3) is 0 Å². The zero-order valence-corrected chi connectivity index (χ0v) is 18.4. The molecule has 4 atom stereocenters. The molecule has 0 aromatic heterocycles. The van der Waals surface area contributed by atoms with E-state index in [-0.39, 0.29) is 37.4 Å². The third kappa shape index (κ3) is 8.08. The monoisotopic (exact) mass is 398 g/mol. The minimum Gasteiger partial charge on any atom is -0.458 e. The van der Waals surface area contributed by atoms with Crippen LogP contribution >= 0.6 is 0 Å². The van der Waals surface area contributed by atoms with Gasteiger partial charge in [-0.05, 0) is 66.2 Å². The minimum atomic E-state index is -0.534. The Morgan fingerprint density at radius 2 is 1.07 bits per heavy atom. The van der Waals surface area contributed by atoms with Crippen LogP contribution < -0.4 is 0 Å². The van der Waals surface area contributed by atoms with Crippen LogP contribution in [0.1, 0.15) is 80.1 Å². The fourth-order valence-electron chi connectivity index (χ4n) is 4.25. The van der Waals surface area contributed by atoms with Crippen molar-refractivity contribution in [2.45, 2.75) is 103 Å². The Labute approximate surface area is 169 Å². The van der Waals surface area contributed by atoms with Crippen LogP contribution in [0.15, 0.2) is 0 Å². The molecule has 0 spiro atoms. The first-order chi connectivity index (χ1) is 12.9. The first-order valence-electron chi connectivity index (χ1n) is 10.6. The van der Waals surface area contributed by atoms with Crippen LogP contribution in [0.4, 0.5) is 0 Å². The Morgan fingerprint density at radius 1 is 0.714 bits per heavy atom. The summed E-state index contributed by atoms with van der Waals surface area (Å²) in [4.78, 5) is 24.1. The Bertz CT molecular complexity index is 482. The van der Waals surface area contributed by atoms with Crippen molar-refractivity contribution in [3.63, 3.8) is 0 Å². The molecule has 0 saturated heterocycles. The Balaban J connectivity index is 1.93. The van der Waals surface area contributed by atoms with E-state index in [4.69, 9.17) is 18.9 Å². The molecule has 6 heteroatoms. The average Bonchev–Trinajstić information content (AvgIpc) is 2.54. The molecule has 2 saturated carbocycles. The fourth-order valence-corrected chi connectivity index (χ4v) is 4.25. The number of rotatable bonds is 6.